The van der Waals surface area contributed by atoms with Crippen molar-refractivity contribution in [2.45, 2.75) is 31.6 Å². The number of benzene rings is 1. The maximum atomic E-state index is 13.6. The van der Waals surface area contributed by atoms with Gasteiger partial charge in [0.2, 0.25) is 0 Å². The molecule has 0 saturated carbocycles. The first-order valence-corrected chi connectivity index (χ1v) is 8.54. The zero-order valence-electron chi connectivity index (χ0n) is 13.4. The lowest BCUT2D eigenvalue weighted by atomic mass is 10.1. The number of carbonyl (C=O) groups is 1. The number of nitrogens with zero attached hydrogens (tertiary/aromatic N) is 1. The molecule has 2 amide bonds. The van der Waals surface area contributed by atoms with Crippen molar-refractivity contribution >= 4 is 23.5 Å². The van der Waals surface area contributed by atoms with Gasteiger partial charge in [-0.05, 0) is 51.1 Å². The Morgan fingerprint density at radius 2 is 2.17 bits per heavy atom. The largest absolute Gasteiger partial charge is 0.361 e. The second-order valence-corrected chi connectivity index (χ2v) is 5.98. The van der Waals surface area contributed by atoms with Gasteiger partial charge in [0.05, 0.1) is 5.69 Å². The number of anilines is 1. The van der Waals surface area contributed by atoms with Gasteiger partial charge in [-0.2, -0.15) is 0 Å². The lowest BCUT2D eigenvalue weighted by Crippen LogP contribution is -2.29. The van der Waals surface area contributed by atoms with Crippen LogP contribution in [0.2, 0.25) is 0 Å². The Morgan fingerprint density at radius 1 is 1.39 bits per heavy atom. The molecule has 5 nitrogen and oxygen atoms in total. The molecule has 0 saturated heterocycles. The van der Waals surface area contributed by atoms with Crippen LogP contribution in [0.5, 0.6) is 0 Å². The molecule has 0 bridgehead atoms. The first-order chi connectivity index (χ1) is 11.0. The van der Waals surface area contributed by atoms with Crippen molar-refractivity contribution in [3.8, 4) is 0 Å². The molecule has 2 aromatic rings. The van der Waals surface area contributed by atoms with Crippen LogP contribution in [0.4, 0.5) is 14.9 Å². The number of thioether (sulfide) groups is 1. The summed E-state index contributed by atoms with van der Waals surface area (Å²) in [7, 11) is 0. The van der Waals surface area contributed by atoms with E-state index in [4.69, 9.17) is 4.52 Å². The summed E-state index contributed by atoms with van der Waals surface area (Å²) in [5, 5.41) is 9.27. The van der Waals surface area contributed by atoms with E-state index in [0.717, 1.165) is 29.9 Å². The number of rotatable bonds is 6. The van der Waals surface area contributed by atoms with Crippen molar-refractivity contribution in [2.24, 2.45) is 0 Å². The van der Waals surface area contributed by atoms with E-state index >= 15 is 0 Å². The van der Waals surface area contributed by atoms with Crippen molar-refractivity contribution in [1.29, 1.82) is 0 Å². The molecule has 2 N–H and O–H groups in total. The number of hydrogen-bond donors (Lipinski definition) is 2. The number of nitrogens with one attached hydrogen (secondary N) is 2. The molecule has 0 spiro atoms. The van der Waals surface area contributed by atoms with Gasteiger partial charge in [-0.1, -0.05) is 5.16 Å². The smallest absolute Gasteiger partial charge is 0.319 e. The summed E-state index contributed by atoms with van der Waals surface area (Å²) >= 11 is 1.32. The lowest BCUT2D eigenvalue weighted by molar-refractivity contribution is 0.252. The van der Waals surface area contributed by atoms with Gasteiger partial charge in [0.15, 0.2) is 0 Å². The summed E-state index contributed by atoms with van der Waals surface area (Å²) < 4.78 is 18.7. The summed E-state index contributed by atoms with van der Waals surface area (Å²) in [6.45, 7) is 4.29. The standard InChI is InChI=1S/C16H20FN3O2S/c1-10-13(11(2)22-20-10)5-4-8-18-16(21)19-12-6-7-15(23-3)14(17)9-12/h6-7,9H,4-5,8H2,1-3H3,(H2,18,19,21). The topological polar surface area (TPSA) is 67.2 Å². The molecule has 0 radical (unpaired) electrons. The van der Waals surface area contributed by atoms with Crippen molar-refractivity contribution in [3.05, 3.63) is 41.0 Å². The van der Waals surface area contributed by atoms with Crippen molar-refractivity contribution in [3.63, 3.8) is 0 Å². The maximum Gasteiger partial charge on any atom is 0.319 e. The van der Waals surface area contributed by atoms with Gasteiger partial charge in [-0.25, -0.2) is 9.18 Å². The third kappa shape index (κ3) is 4.72. The Hall–Kier alpha value is -2.02. The molecule has 7 heteroatoms. The highest BCUT2D eigenvalue weighted by Crippen LogP contribution is 2.22. The van der Waals surface area contributed by atoms with Gasteiger partial charge in [0.1, 0.15) is 11.6 Å². The van der Waals surface area contributed by atoms with E-state index < -0.39 is 0 Å². The summed E-state index contributed by atoms with van der Waals surface area (Å²) in [5.41, 5.74) is 2.40. The fraction of sp³-hybridized carbons (Fsp3) is 0.375. The first kappa shape index (κ1) is 17.3. The summed E-state index contributed by atoms with van der Waals surface area (Å²) in [5.74, 6) is 0.477. The van der Waals surface area contributed by atoms with Crippen LogP contribution in [0.3, 0.4) is 0 Å². The number of aryl methyl sites for hydroxylation is 2. The molecule has 1 aromatic heterocycles. The number of urea groups is 1. The average molecular weight is 337 g/mol. The molecule has 1 heterocycles. The molecule has 124 valence electrons. The van der Waals surface area contributed by atoms with E-state index in [-0.39, 0.29) is 11.8 Å². The normalized spacial score (nSPS) is 10.6. The molecule has 0 aliphatic carbocycles. The zero-order chi connectivity index (χ0) is 16.8. The Labute approximate surface area is 139 Å². The molecular formula is C16H20FN3O2S. The van der Waals surface area contributed by atoms with Crippen LogP contribution >= 0.6 is 11.8 Å². The Kier molecular flexibility index (Phi) is 6.04. The minimum atomic E-state index is -0.347. The summed E-state index contributed by atoms with van der Waals surface area (Å²) in [6.07, 6.45) is 3.37. The van der Waals surface area contributed by atoms with Crippen molar-refractivity contribution < 1.29 is 13.7 Å². The number of hydrogen-bond acceptors (Lipinski definition) is 4. The van der Waals surface area contributed by atoms with Crippen LogP contribution in [-0.4, -0.2) is 24.0 Å². The molecule has 0 unspecified atom stereocenters. The average Bonchev–Trinajstić information content (AvgIpc) is 2.83. The highest BCUT2D eigenvalue weighted by atomic mass is 32.2. The zero-order valence-corrected chi connectivity index (χ0v) is 14.2. The van der Waals surface area contributed by atoms with Crippen LogP contribution in [0.25, 0.3) is 0 Å². The third-order valence-electron chi connectivity index (χ3n) is 3.48. The van der Waals surface area contributed by atoms with Crippen molar-refractivity contribution in [1.82, 2.24) is 10.5 Å². The fourth-order valence-corrected chi connectivity index (χ4v) is 2.70. The first-order valence-electron chi connectivity index (χ1n) is 7.31. The van der Waals surface area contributed by atoms with Gasteiger partial charge in [0, 0.05) is 22.7 Å². The maximum absolute atomic E-state index is 13.6. The molecule has 0 atom stereocenters. The number of carbonyl (C=O) groups excluding carboxylic acids is 1. The van der Waals surface area contributed by atoms with Crippen molar-refractivity contribution in [2.75, 3.05) is 18.1 Å². The number of halogens is 1. The molecule has 0 aliphatic rings. The summed E-state index contributed by atoms with van der Waals surface area (Å²) in [6, 6.07) is 4.29. The Morgan fingerprint density at radius 3 is 2.78 bits per heavy atom. The molecule has 1 aromatic carbocycles. The quantitative estimate of drug-likeness (QED) is 0.619. The van der Waals surface area contributed by atoms with E-state index in [2.05, 4.69) is 15.8 Å². The number of aromatic nitrogens is 1. The van der Waals surface area contributed by atoms with E-state index in [0.29, 0.717) is 17.1 Å². The van der Waals surface area contributed by atoms with Gasteiger partial charge >= 0.3 is 6.03 Å². The van der Waals surface area contributed by atoms with E-state index in [1.165, 1.54) is 17.8 Å². The van der Waals surface area contributed by atoms with Crippen LogP contribution in [-0.2, 0) is 6.42 Å². The van der Waals surface area contributed by atoms with Crippen LogP contribution < -0.4 is 10.6 Å². The van der Waals surface area contributed by atoms with Crippen LogP contribution in [0, 0.1) is 19.7 Å². The second-order valence-electron chi connectivity index (χ2n) is 5.14. The molecule has 0 fully saturated rings. The molecule has 0 aliphatic heterocycles. The van der Waals surface area contributed by atoms with E-state index in [1.807, 2.05) is 13.8 Å². The molecule has 2 rings (SSSR count). The highest BCUT2D eigenvalue weighted by molar-refractivity contribution is 7.98. The molecule has 23 heavy (non-hydrogen) atoms. The summed E-state index contributed by atoms with van der Waals surface area (Å²) in [4.78, 5) is 12.3. The Bertz CT molecular complexity index is 668. The van der Waals surface area contributed by atoms with Gasteiger partial charge in [-0.3, -0.25) is 0 Å². The predicted molar refractivity (Wildman–Crippen MR) is 89.5 cm³/mol. The molecular weight excluding hydrogens is 317 g/mol. The SMILES string of the molecule is CSc1ccc(NC(=O)NCCCc2c(C)noc2C)cc1F. The van der Waals surface area contributed by atoms with E-state index in [9.17, 15) is 9.18 Å². The number of amides is 2. The van der Waals surface area contributed by atoms with E-state index in [1.54, 1.807) is 18.4 Å². The Balaban J connectivity index is 1.76. The fourth-order valence-electron chi connectivity index (χ4n) is 2.25. The van der Waals surface area contributed by atoms with Gasteiger partial charge in [0.25, 0.3) is 0 Å². The minimum absolute atomic E-state index is 0.339. The predicted octanol–water partition coefficient (Wildman–Crippen LogP) is 3.91. The lowest BCUT2D eigenvalue weighted by Gasteiger charge is -2.08. The monoisotopic (exact) mass is 337 g/mol. The third-order valence-corrected chi connectivity index (χ3v) is 4.25. The second kappa shape index (κ2) is 8.01. The highest BCUT2D eigenvalue weighted by Gasteiger charge is 2.09. The van der Waals surface area contributed by atoms with Crippen LogP contribution in [0.15, 0.2) is 27.6 Å². The van der Waals surface area contributed by atoms with Gasteiger partial charge in [-0.15, -0.1) is 11.8 Å². The van der Waals surface area contributed by atoms with Crippen LogP contribution in [0.1, 0.15) is 23.4 Å². The van der Waals surface area contributed by atoms with Gasteiger partial charge < -0.3 is 15.2 Å². The minimum Gasteiger partial charge on any atom is -0.361 e.